The molecule has 1 aliphatic rings. The number of carboxylic acid groups (broad SMARTS) is 1. The van der Waals surface area contributed by atoms with Crippen molar-refractivity contribution in [2.45, 2.75) is 43.0 Å². The molecular formula is C13H17FN2O4S. The van der Waals surface area contributed by atoms with E-state index in [1.807, 2.05) is 0 Å². The van der Waals surface area contributed by atoms with Gasteiger partial charge in [0, 0.05) is 12.2 Å². The van der Waals surface area contributed by atoms with Gasteiger partial charge >= 0.3 is 5.97 Å². The summed E-state index contributed by atoms with van der Waals surface area (Å²) in [5, 5.41) is 9.24. The van der Waals surface area contributed by atoms with Gasteiger partial charge in [-0.25, -0.2) is 17.5 Å². The average molecular weight is 316 g/mol. The maximum atomic E-state index is 13.1. The molecule has 2 rings (SSSR count). The van der Waals surface area contributed by atoms with Crippen LogP contribution in [0.25, 0.3) is 0 Å². The quantitative estimate of drug-likeness (QED) is 0.821. The van der Waals surface area contributed by atoms with E-state index in [1.54, 1.807) is 0 Å². The van der Waals surface area contributed by atoms with Crippen molar-refractivity contribution in [1.29, 1.82) is 0 Å². The molecule has 1 heterocycles. The fourth-order valence-electron chi connectivity index (χ4n) is 2.55. The summed E-state index contributed by atoms with van der Waals surface area (Å²) in [5.74, 6) is -2.53. The normalized spacial score (nSPS) is 23.5. The van der Waals surface area contributed by atoms with E-state index in [9.17, 15) is 22.7 Å². The molecule has 1 aromatic rings. The van der Waals surface area contributed by atoms with E-state index in [2.05, 4.69) is 9.71 Å². The largest absolute Gasteiger partial charge is 0.481 e. The second-order valence-corrected chi connectivity index (χ2v) is 6.86. The van der Waals surface area contributed by atoms with Crippen molar-refractivity contribution in [3.8, 4) is 0 Å². The SMILES string of the molecule is O=C(O)C1CCCCCC1NS(=O)(=O)c1cncc(F)c1. The lowest BCUT2D eigenvalue weighted by Crippen LogP contribution is -2.42. The number of hydrogen-bond donors (Lipinski definition) is 2. The number of carbonyl (C=O) groups is 1. The number of halogens is 1. The van der Waals surface area contributed by atoms with Crippen LogP contribution in [0.5, 0.6) is 0 Å². The van der Waals surface area contributed by atoms with Crippen LogP contribution < -0.4 is 4.72 Å². The van der Waals surface area contributed by atoms with E-state index in [0.29, 0.717) is 12.8 Å². The van der Waals surface area contributed by atoms with Crippen molar-refractivity contribution in [2.24, 2.45) is 5.92 Å². The Morgan fingerprint density at radius 1 is 1.29 bits per heavy atom. The Morgan fingerprint density at radius 3 is 2.67 bits per heavy atom. The Hall–Kier alpha value is -1.54. The van der Waals surface area contributed by atoms with Crippen LogP contribution in [0, 0.1) is 11.7 Å². The van der Waals surface area contributed by atoms with Crippen LogP contribution in [0.2, 0.25) is 0 Å². The highest BCUT2D eigenvalue weighted by Gasteiger charge is 2.33. The minimum absolute atomic E-state index is 0.295. The van der Waals surface area contributed by atoms with Gasteiger partial charge in [0.25, 0.3) is 0 Å². The van der Waals surface area contributed by atoms with Gasteiger partial charge in [-0.3, -0.25) is 9.78 Å². The van der Waals surface area contributed by atoms with Crippen LogP contribution in [0.4, 0.5) is 4.39 Å². The second kappa shape index (κ2) is 6.48. The van der Waals surface area contributed by atoms with Crippen molar-refractivity contribution < 1.29 is 22.7 Å². The summed E-state index contributed by atoms with van der Waals surface area (Å²) >= 11 is 0. The summed E-state index contributed by atoms with van der Waals surface area (Å²) < 4.78 is 39.9. The summed E-state index contributed by atoms with van der Waals surface area (Å²) in [5.41, 5.74) is 0. The maximum absolute atomic E-state index is 13.1. The summed E-state index contributed by atoms with van der Waals surface area (Å²) in [6.45, 7) is 0. The zero-order valence-corrected chi connectivity index (χ0v) is 12.1. The highest BCUT2D eigenvalue weighted by molar-refractivity contribution is 7.89. The first kappa shape index (κ1) is 15.8. The second-order valence-electron chi connectivity index (χ2n) is 5.15. The van der Waals surface area contributed by atoms with Gasteiger partial charge in [0.1, 0.15) is 10.7 Å². The minimum atomic E-state index is -3.98. The number of aliphatic carboxylic acids is 1. The number of rotatable bonds is 4. The van der Waals surface area contributed by atoms with Crippen LogP contribution in [-0.4, -0.2) is 30.5 Å². The molecule has 0 amide bonds. The highest BCUT2D eigenvalue weighted by atomic mass is 32.2. The lowest BCUT2D eigenvalue weighted by molar-refractivity contribution is -0.142. The number of nitrogens with one attached hydrogen (secondary N) is 1. The topological polar surface area (TPSA) is 96.4 Å². The average Bonchev–Trinajstić information content (AvgIpc) is 2.63. The summed E-state index contributed by atoms with van der Waals surface area (Å²) in [7, 11) is -3.98. The van der Waals surface area contributed by atoms with Crippen LogP contribution >= 0.6 is 0 Å². The molecule has 2 unspecified atom stereocenters. The van der Waals surface area contributed by atoms with Gasteiger partial charge in [0.15, 0.2) is 0 Å². The van der Waals surface area contributed by atoms with Gasteiger partial charge in [-0.15, -0.1) is 0 Å². The third kappa shape index (κ3) is 3.98. The van der Waals surface area contributed by atoms with Gasteiger partial charge in [0.2, 0.25) is 10.0 Å². The Kier molecular flexibility index (Phi) is 4.89. The number of nitrogens with zero attached hydrogens (tertiary/aromatic N) is 1. The number of aromatic nitrogens is 1. The Balaban J connectivity index is 2.23. The third-order valence-electron chi connectivity index (χ3n) is 3.63. The van der Waals surface area contributed by atoms with Crippen molar-refractivity contribution in [1.82, 2.24) is 9.71 Å². The lowest BCUT2D eigenvalue weighted by Gasteiger charge is -2.22. The Bertz CT molecular complexity index is 620. The molecule has 21 heavy (non-hydrogen) atoms. The molecule has 8 heteroatoms. The molecule has 1 aromatic heterocycles. The first-order chi connectivity index (χ1) is 9.90. The smallest absolute Gasteiger partial charge is 0.308 e. The number of pyridine rings is 1. The molecule has 1 fully saturated rings. The molecule has 0 spiro atoms. The van der Waals surface area contributed by atoms with E-state index in [0.717, 1.165) is 37.7 Å². The van der Waals surface area contributed by atoms with Gasteiger partial charge in [-0.05, 0) is 18.9 Å². The number of carboxylic acids is 1. The molecule has 0 aliphatic heterocycles. The van der Waals surface area contributed by atoms with Crippen molar-refractivity contribution in [2.75, 3.05) is 0 Å². The standard InChI is InChI=1S/C13H17FN2O4S/c14-9-6-10(8-15-7-9)21(19,20)16-12-5-3-1-2-4-11(12)13(17)18/h6-8,11-12,16H,1-5H2,(H,17,18). The van der Waals surface area contributed by atoms with Crippen molar-refractivity contribution >= 4 is 16.0 Å². The summed E-state index contributed by atoms with van der Waals surface area (Å²) in [6, 6.07) is 0.181. The zero-order chi connectivity index (χ0) is 15.5. The number of sulfonamides is 1. The molecule has 2 N–H and O–H groups in total. The molecule has 0 aromatic carbocycles. The highest BCUT2D eigenvalue weighted by Crippen LogP contribution is 2.25. The van der Waals surface area contributed by atoms with E-state index < -0.39 is 33.8 Å². The minimum Gasteiger partial charge on any atom is -0.481 e. The molecular weight excluding hydrogens is 299 g/mol. The lowest BCUT2D eigenvalue weighted by atomic mass is 9.96. The molecule has 0 bridgehead atoms. The molecule has 0 radical (unpaired) electrons. The predicted molar refractivity (Wildman–Crippen MR) is 72.5 cm³/mol. The van der Waals surface area contributed by atoms with Crippen LogP contribution in [0.3, 0.4) is 0 Å². The van der Waals surface area contributed by atoms with Crippen LogP contribution in [0.15, 0.2) is 23.4 Å². The van der Waals surface area contributed by atoms with E-state index in [1.165, 1.54) is 0 Å². The van der Waals surface area contributed by atoms with Gasteiger partial charge in [-0.2, -0.15) is 0 Å². The monoisotopic (exact) mass is 316 g/mol. The molecule has 1 saturated carbocycles. The first-order valence-corrected chi connectivity index (χ1v) is 8.24. The van der Waals surface area contributed by atoms with Gasteiger partial charge < -0.3 is 5.11 Å². The zero-order valence-electron chi connectivity index (χ0n) is 11.3. The molecule has 116 valence electrons. The fourth-order valence-corrected chi connectivity index (χ4v) is 3.84. The van der Waals surface area contributed by atoms with Gasteiger partial charge in [0.05, 0.1) is 12.1 Å². The predicted octanol–water partition coefficient (Wildman–Crippen LogP) is 1.53. The maximum Gasteiger partial charge on any atom is 0.308 e. The third-order valence-corrected chi connectivity index (χ3v) is 5.09. The van der Waals surface area contributed by atoms with Crippen LogP contribution in [0.1, 0.15) is 32.1 Å². The van der Waals surface area contributed by atoms with Crippen LogP contribution in [-0.2, 0) is 14.8 Å². The summed E-state index contributed by atoms with van der Waals surface area (Å²) in [6.07, 6.45) is 5.24. The fraction of sp³-hybridized carbons (Fsp3) is 0.538. The summed E-state index contributed by atoms with van der Waals surface area (Å²) in [4.78, 5) is 14.5. The van der Waals surface area contributed by atoms with Crippen molar-refractivity contribution in [3.05, 3.63) is 24.3 Å². The van der Waals surface area contributed by atoms with Gasteiger partial charge in [-0.1, -0.05) is 19.3 Å². The number of hydrogen-bond acceptors (Lipinski definition) is 4. The van der Waals surface area contributed by atoms with E-state index in [4.69, 9.17) is 0 Å². The van der Waals surface area contributed by atoms with E-state index in [-0.39, 0.29) is 4.90 Å². The molecule has 0 saturated heterocycles. The molecule has 2 atom stereocenters. The molecule has 1 aliphatic carbocycles. The Morgan fingerprint density at radius 2 is 2.00 bits per heavy atom. The van der Waals surface area contributed by atoms with Crippen molar-refractivity contribution in [3.63, 3.8) is 0 Å². The van der Waals surface area contributed by atoms with E-state index >= 15 is 0 Å². The molecule has 6 nitrogen and oxygen atoms in total. The Labute approximate surface area is 122 Å². The first-order valence-electron chi connectivity index (χ1n) is 6.76.